The number of imide groups is 1. The molecule has 2 amide bonds. The average molecular weight is 503 g/mol. The van der Waals surface area contributed by atoms with Crippen LogP contribution in [-0.4, -0.2) is 25.2 Å². The highest BCUT2D eigenvalue weighted by Gasteiger charge is 2.39. The minimum absolute atomic E-state index is 0.0104. The normalized spacial score (nSPS) is 14.1. The number of nitrogens with one attached hydrogen (secondary N) is 2. The number of amides is 2. The minimum atomic E-state index is -3.86. The third-order valence-electron chi connectivity index (χ3n) is 4.78. The second-order valence-corrected chi connectivity index (χ2v) is 9.53. The number of halogens is 2. The van der Waals surface area contributed by atoms with Crippen LogP contribution in [0.25, 0.3) is 0 Å². The number of anilines is 3. The summed E-state index contributed by atoms with van der Waals surface area (Å²) in [4.78, 5) is 30.5. The lowest BCUT2D eigenvalue weighted by atomic mass is 10.2. The zero-order valence-electron chi connectivity index (χ0n) is 17.0. The molecule has 0 saturated heterocycles. The highest BCUT2D eigenvalue weighted by Crippen LogP contribution is 2.33. The molecular formula is C22H16Cl2N4O4S. The van der Waals surface area contributed by atoms with Crippen LogP contribution in [0, 0.1) is 6.92 Å². The molecule has 0 saturated carbocycles. The van der Waals surface area contributed by atoms with Gasteiger partial charge < -0.3 is 5.32 Å². The Labute approximate surface area is 199 Å². The van der Waals surface area contributed by atoms with E-state index in [2.05, 4.69) is 15.0 Å². The van der Waals surface area contributed by atoms with Gasteiger partial charge >= 0.3 is 0 Å². The van der Waals surface area contributed by atoms with Gasteiger partial charge in [0.25, 0.3) is 21.8 Å². The van der Waals surface area contributed by atoms with E-state index in [-0.39, 0.29) is 21.4 Å². The summed E-state index contributed by atoms with van der Waals surface area (Å²) >= 11 is 12.2. The number of pyridine rings is 1. The molecule has 2 aromatic carbocycles. The Kier molecular flexibility index (Phi) is 6.11. The maximum absolute atomic E-state index is 13.0. The van der Waals surface area contributed by atoms with E-state index < -0.39 is 21.8 Å². The van der Waals surface area contributed by atoms with Crippen molar-refractivity contribution in [1.29, 1.82) is 0 Å². The number of aromatic nitrogens is 1. The van der Waals surface area contributed by atoms with Crippen molar-refractivity contribution in [1.82, 2.24) is 4.98 Å². The topological polar surface area (TPSA) is 108 Å². The summed E-state index contributed by atoms with van der Waals surface area (Å²) in [5.41, 5.74) is 1.24. The van der Waals surface area contributed by atoms with Crippen LogP contribution in [0.3, 0.4) is 0 Å². The number of aryl methyl sites for hydroxylation is 1. The summed E-state index contributed by atoms with van der Waals surface area (Å²) < 4.78 is 27.5. The third kappa shape index (κ3) is 4.56. The Morgan fingerprint density at radius 3 is 2.33 bits per heavy atom. The molecule has 11 heteroatoms. The molecule has 2 heterocycles. The van der Waals surface area contributed by atoms with Crippen LogP contribution < -0.4 is 14.9 Å². The van der Waals surface area contributed by atoms with Crippen LogP contribution in [0.4, 0.5) is 17.2 Å². The summed E-state index contributed by atoms with van der Waals surface area (Å²) in [7, 11) is -3.86. The molecular weight excluding hydrogens is 487 g/mol. The predicted octanol–water partition coefficient (Wildman–Crippen LogP) is 4.28. The number of nitrogens with zero attached hydrogens (tertiary/aromatic N) is 2. The summed E-state index contributed by atoms with van der Waals surface area (Å²) in [5.74, 6) is -1.15. The lowest BCUT2D eigenvalue weighted by Crippen LogP contribution is -2.32. The predicted molar refractivity (Wildman–Crippen MR) is 127 cm³/mol. The second kappa shape index (κ2) is 8.86. The Morgan fingerprint density at radius 2 is 1.67 bits per heavy atom. The maximum Gasteiger partial charge on any atom is 0.283 e. The zero-order valence-corrected chi connectivity index (χ0v) is 19.4. The van der Waals surface area contributed by atoms with Crippen molar-refractivity contribution in [2.24, 2.45) is 0 Å². The van der Waals surface area contributed by atoms with Gasteiger partial charge in [0.2, 0.25) is 0 Å². The Morgan fingerprint density at radius 1 is 0.939 bits per heavy atom. The summed E-state index contributed by atoms with van der Waals surface area (Å²) in [6.45, 7) is 1.74. The van der Waals surface area contributed by atoms with Crippen molar-refractivity contribution < 1.29 is 18.0 Å². The molecule has 0 unspecified atom stereocenters. The number of sulfonamides is 1. The van der Waals surface area contributed by atoms with Gasteiger partial charge in [0.15, 0.2) is 0 Å². The van der Waals surface area contributed by atoms with Crippen molar-refractivity contribution in [3.05, 3.63) is 88.2 Å². The molecule has 8 nitrogen and oxygen atoms in total. The van der Waals surface area contributed by atoms with Crippen LogP contribution in [0.15, 0.2) is 82.5 Å². The lowest BCUT2D eigenvalue weighted by Gasteiger charge is -2.17. The largest absolute Gasteiger partial charge is 0.350 e. The zero-order chi connectivity index (χ0) is 23.8. The van der Waals surface area contributed by atoms with Crippen molar-refractivity contribution in [2.45, 2.75) is 11.8 Å². The number of hydrogen-bond acceptors (Lipinski definition) is 6. The fourth-order valence-electron chi connectivity index (χ4n) is 3.14. The molecule has 0 fully saturated rings. The van der Waals surface area contributed by atoms with Gasteiger partial charge in [-0.25, -0.2) is 18.3 Å². The first-order chi connectivity index (χ1) is 15.7. The number of carbonyl (C=O) groups excluding carboxylic acids is 2. The SMILES string of the molecule is Cc1ccc(Cl)cc1N1C(=O)C(Cl)=C(Nc2ccc(S(=O)(=O)Nc3ccccn3)cc2)C1=O. The molecule has 0 spiro atoms. The minimum Gasteiger partial charge on any atom is -0.350 e. The highest BCUT2D eigenvalue weighted by atomic mass is 35.5. The molecule has 0 bridgehead atoms. The maximum atomic E-state index is 13.0. The van der Waals surface area contributed by atoms with E-state index in [1.54, 1.807) is 31.2 Å². The van der Waals surface area contributed by atoms with Crippen molar-refractivity contribution >= 4 is 62.2 Å². The van der Waals surface area contributed by atoms with Crippen LogP contribution in [0.1, 0.15) is 5.56 Å². The van der Waals surface area contributed by atoms with E-state index in [0.717, 1.165) is 4.90 Å². The highest BCUT2D eigenvalue weighted by molar-refractivity contribution is 7.92. The summed E-state index contributed by atoms with van der Waals surface area (Å²) in [6, 6.07) is 15.3. The fourth-order valence-corrected chi connectivity index (χ4v) is 4.52. The molecule has 0 radical (unpaired) electrons. The molecule has 1 aliphatic rings. The van der Waals surface area contributed by atoms with Crippen LogP contribution >= 0.6 is 23.2 Å². The van der Waals surface area contributed by atoms with Gasteiger partial charge in [-0.3, -0.25) is 14.3 Å². The Hall–Kier alpha value is -3.40. The van der Waals surface area contributed by atoms with Gasteiger partial charge in [0.1, 0.15) is 16.5 Å². The van der Waals surface area contributed by atoms with Crippen LogP contribution in [-0.2, 0) is 19.6 Å². The average Bonchev–Trinajstić information content (AvgIpc) is 2.99. The van der Waals surface area contributed by atoms with Gasteiger partial charge in [-0.2, -0.15) is 0 Å². The van der Waals surface area contributed by atoms with Gasteiger partial charge in [0.05, 0.1) is 10.6 Å². The van der Waals surface area contributed by atoms with E-state index in [0.29, 0.717) is 22.0 Å². The van der Waals surface area contributed by atoms with Crippen LogP contribution in [0.2, 0.25) is 5.02 Å². The molecule has 4 rings (SSSR count). The second-order valence-electron chi connectivity index (χ2n) is 7.04. The van der Waals surface area contributed by atoms with Gasteiger partial charge in [-0.05, 0) is 61.0 Å². The summed E-state index contributed by atoms with van der Waals surface area (Å²) in [5, 5.41) is 2.89. The molecule has 1 aliphatic heterocycles. The molecule has 0 atom stereocenters. The quantitative estimate of drug-likeness (QED) is 0.487. The monoisotopic (exact) mass is 502 g/mol. The molecule has 1 aromatic heterocycles. The first-order valence-electron chi connectivity index (χ1n) is 9.53. The number of benzene rings is 2. The van der Waals surface area contributed by atoms with Crippen molar-refractivity contribution in [2.75, 3.05) is 14.9 Å². The van der Waals surface area contributed by atoms with Gasteiger partial charge in [-0.15, -0.1) is 0 Å². The third-order valence-corrected chi connectivity index (χ3v) is 6.73. The van der Waals surface area contributed by atoms with E-state index in [9.17, 15) is 18.0 Å². The number of carbonyl (C=O) groups is 2. The fraction of sp³-hybridized carbons (Fsp3) is 0.0455. The van der Waals surface area contributed by atoms with E-state index in [1.807, 2.05) is 0 Å². The van der Waals surface area contributed by atoms with Gasteiger partial charge in [-0.1, -0.05) is 35.3 Å². The lowest BCUT2D eigenvalue weighted by molar-refractivity contribution is -0.120. The van der Waals surface area contributed by atoms with Gasteiger partial charge in [0, 0.05) is 16.9 Å². The van der Waals surface area contributed by atoms with Crippen molar-refractivity contribution in [3.8, 4) is 0 Å². The number of rotatable bonds is 6. The van der Waals surface area contributed by atoms with E-state index in [1.165, 1.54) is 42.6 Å². The van der Waals surface area contributed by atoms with E-state index in [4.69, 9.17) is 23.2 Å². The Balaban J connectivity index is 1.55. The van der Waals surface area contributed by atoms with E-state index >= 15 is 0 Å². The molecule has 2 N–H and O–H groups in total. The van der Waals surface area contributed by atoms with Crippen molar-refractivity contribution in [3.63, 3.8) is 0 Å². The van der Waals surface area contributed by atoms with Crippen LogP contribution in [0.5, 0.6) is 0 Å². The standard InChI is InChI=1S/C22H16Cl2N4O4S/c1-13-5-6-14(23)12-17(13)28-21(29)19(24)20(22(28)30)26-15-7-9-16(10-8-15)33(31,32)27-18-4-2-3-11-25-18/h2-12,26H,1H3,(H,25,27). The molecule has 168 valence electrons. The molecule has 33 heavy (non-hydrogen) atoms. The number of hydrogen-bond donors (Lipinski definition) is 2. The first kappa shape index (κ1) is 22.8. The first-order valence-corrected chi connectivity index (χ1v) is 11.8. The molecule has 3 aromatic rings. The molecule has 0 aliphatic carbocycles. The summed E-state index contributed by atoms with van der Waals surface area (Å²) in [6.07, 6.45) is 1.47. The smallest absolute Gasteiger partial charge is 0.283 e. The Bertz CT molecular complexity index is 1390.